The molecule has 0 aliphatic carbocycles. The van der Waals surface area contributed by atoms with Crippen LogP contribution in [0.4, 0.5) is 0 Å². The van der Waals surface area contributed by atoms with Crippen molar-refractivity contribution < 1.29 is 8.83 Å². The number of amidine groups is 2. The van der Waals surface area contributed by atoms with Crippen LogP contribution in [-0.2, 0) is 0 Å². The standard InChI is InChI=1S/C51H32N4O2/c1-3-13-31(14-4-1)49-52-50(32-15-5-2-6-16-32)54-51(53-49)41-22-12-21-40-42-29-33(25-28-45(42)56-48(40)41)35-19-11-20-39-38-27-26-34(30-46(38)57-47(35)39)55-43-23-9-7-17-36(43)37-18-8-10-24-44(37)55/h1-30,51H,(H,52,53,54). The molecule has 0 fully saturated rings. The molecule has 0 saturated carbocycles. The van der Waals surface area contributed by atoms with E-state index in [1.807, 2.05) is 48.5 Å². The molecule has 8 aromatic carbocycles. The normalized spacial score (nSPS) is 14.5. The van der Waals surface area contributed by atoms with E-state index in [0.717, 1.165) is 83.2 Å². The molecule has 1 aliphatic rings. The molecule has 0 amide bonds. The van der Waals surface area contributed by atoms with Crippen LogP contribution in [0.1, 0.15) is 22.9 Å². The van der Waals surface area contributed by atoms with Gasteiger partial charge in [-0.2, -0.15) is 0 Å². The van der Waals surface area contributed by atoms with Gasteiger partial charge in [0.2, 0.25) is 0 Å². The first-order valence-electron chi connectivity index (χ1n) is 19.2. The summed E-state index contributed by atoms with van der Waals surface area (Å²) in [6, 6.07) is 63.2. The summed E-state index contributed by atoms with van der Waals surface area (Å²) in [6.07, 6.45) is -0.409. The fourth-order valence-electron chi connectivity index (χ4n) is 8.63. The number of aliphatic imine (C=N–C) groups is 2. The average Bonchev–Trinajstić information content (AvgIpc) is 3.96. The summed E-state index contributed by atoms with van der Waals surface area (Å²) in [6.45, 7) is 0. The van der Waals surface area contributed by atoms with Gasteiger partial charge in [0.05, 0.1) is 11.0 Å². The second-order valence-corrected chi connectivity index (χ2v) is 14.6. The average molecular weight is 733 g/mol. The summed E-state index contributed by atoms with van der Waals surface area (Å²) in [5.41, 5.74) is 11.7. The number of hydrogen-bond donors (Lipinski definition) is 1. The Kier molecular flexibility index (Phi) is 6.89. The van der Waals surface area contributed by atoms with Gasteiger partial charge < -0.3 is 18.7 Å². The number of para-hydroxylation sites is 4. The minimum absolute atomic E-state index is 0.409. The third-order valence-electron chi connectivity index (χ3n) is 11.3. The Bertz CT molecular complexity index is 3390. The Hall–Kier alpha value is -7.70. The van der Waals surface area contributed by atoms with Crippen LogP contribution < -0.4 is 5.32 Å². The highest BCUT2D eigenvalue weighted by Crippen LogP contribution is 2.41. The van der Waals surface area contributed by atoms with E-state index in [0.29, 0.717) is 5.84 Å². The van der Waals surface area contributed by atoms with E-state index in [1.54, 1.807) is 0 Å². The van der Waals surface area contributed by atoms with Crippen LogP contribution in [0.2, 0.25) is 0 Å². The second kappa shape index (κ2) is 12.4. The minimum atomic E-state index is -0.409. The molecule has 0 saturated heterocycles. The van der Waals surface area contributed by atoms with Gasteiger partial charge in [-0.3, -0.25) is 0 Å². The van der Waals surface area contributed by atoms with Gasteiger partial charge in [-0.25, -0.2) is 9.98 Å². The molecule has 1 unspecified atom stereocenters. The zero-order valence-electron chi connectivity index (χ0n) is 30.6. The lowest BCUT2D eigenvalue weighted by Crippen LogP contribution is -2.33. The lowest BCUT2D eigenvalue weighted by atomic mass is 9.99. The monoisotopic (exact) mass is 732 g/mol. The van der Waals surface area contributed by atoms with E-state index in [-0.39, 0.29) is 0 Å². The van der Waals surface area contributed by atoms with Gasteiger partial charge >= 0.3 is 0 Å². The molecule has 0 spiro atoms. The van der Waals surface area contributed by atoms with E-state index >= 15 is 0 Å². The zero-order valence-corrected chi connectivity index (χ0v) is 30.6. The van der Waals surface area contributed by atoms with E-state index in [4.69, 9.17) is 18.8 Å². The minimum Gasteiger partial charge on any atom is -0.456 e. The largest absolute Gasteiger partial charge is 0.456 e. The van der Waals surface area contributed by atoms with Crippen molar-refractivity contribution in [3.63, 3.8) is 0 Å². The molecule has 12 rings (SSSR count). The van der Waals surface area contributed by atoms with Gasteiger partial charge in [-0.1, -0.05) is 140 Å². The van der Waals surface area contributed by atoms with E-state index < -0.39 is 6.17 Å². The Labute approximate surface area is 326 Å². The molecular formula is C51H32N4O2. The first-order valence-corrected chi connectivity index (χ1v) is 19.2. The van der Waals surface area contributed by atoms with Crippen molar-refractivity contribution in [2.24, 2.45) is 9.98 Å². The van der Waals surface area contributed by atoms with Crippen molar-refractivity contribution in [2.45, 2.75) is 6.17 Å². The number of nitrogens with zero attached hydrogens (tertiary/aromatic N) is 3. The number of nitrogens with one attached hydrogen (secondary N) is 1. The molecule has 3 aromatic heterocycles. The van der Waals surface area contributed by atoms with Crippen LogP contribution in [0.3, 0.4) is 0 Å². The number of hydrogen-bond acceptors (Lipinski definition) is 5. The predicted octanol–water partition coefficient (Wildman–Crippen LogP) is 12.7. The Morgan fingerprint density at radius 1 is 0.456 bits per heavy atom. The Morgan fingerprint density at radius 3 is 1.88 bits per heavy atom. The van der Waals surface area contributed by atoms with Crippen LogP contribution >= 0.6 is 0 Å². The first-order chi connectivity index (χ1) is 28.2. The number of benzene rings is 8. The van der Waals surface area contributed by atoms with Crippen molar-refractivity contribution in [1.29, 1.82) is 0 Å². The SMILES string of the molecule is c1ccc(C2=NC(c3cccc4c3oc3ccc(-c5cccc6c5oc5cc(-n7c8ccccc8c8ccccc87)ccc56)cc34)NC(c3ccccc3)=N2)cc1. The predicted molar refractivity (Wildman–Crippen MR) is 233 cm³/mol. The molecule has 6 heteroatoms. The number of rotatable bonds is 5. The summed E-state index contributed by atoms with van der Waals surface area (Å²) in [5.74, 6) is 1.45. The molecule has 6 nitrogen and oxygen atoms in total. The molecule has 0 radical (unpaired) electrons. The lowest BCUT2D eigenvalue weighted by Gasteiger charge is -2.23. The van der Waals surface area contributed by atoms with E-state index in [1.165, 1.54) is 21.8 Å². The van der Waals surface area contributed by atoms with Crippen molar-refractivity contribution in [1.82, 2.24) is 9.88 Å². The fraction of sp³-hybridized carbons (Fsp3) is 0.0196. The van der Waals surface area contributed by atoms with Crippen molar-refractivity contribution >= 4 is 77.4 Å². The quantitative estimate of drug-likeness (QED) is 0.192. The maximum absolute atomic E-state index is 6.80. The highest BCUT2D eigenvalue weighted by molar-refractivity contribution is 6.15. The van der Waals surface area contributed by atoms with Gasteiger partial charge in [-0.15, -0.1) is 0 Å². The molecular weight excluding hydrogens is 701 g/mol. The molecule has 0 bridgehead atoms. The molecule has 4 heterocycles. The molecule has 57 heavy (non-hydrogen) atoms. The smallest absolute Gasteiger partial charge is 0.159 e. The third-order valence-corrected chi connectivity index (χ3v) is 11.3. The van der Waals surface area contributed by atoms with E-state index in [9.17, 15) is 0 Å². The molecule has 1 atom stereocenters. The summed E-state index contributed by atoms with van der Waals surface area (Å²) in [7, 11) is 0. The molecule has 1 N–H and O–H groups in total. The summed E-state index contributed by atoms with van der Waals surface area (Å²) in [4.78, 5) is 10.1. The fourth-order valence-corrected chi connectivity index (χ4v) is 8.63. The highest BCUT2D eigenvalue weighted by atomic mass is 16.3. The van der Waals surface area contributed by atoms with Crippen molar-refractivity contribution in [3.8, 4) is 16.8 Å². The van der Waals surface area contributed by atoms with Crippen molar-refractivity contribution in [2.75, 3.05) is 0 Å². The van der Waals surface area contributed by atoms with Crippen molar-refractivity contribution in [3.05, 3.63) is 199 Å². The maximum Gasteiger partial charge on any atom is 0.159 e. The van der Waals surface area contributed by atoms with Crippen LogP contribution in [0.5, 0.6) is 0 Å². The number of aromatic nitrogens is 1. The van der Waals surface area contributed by atoms with Gasteiger partial charge in [0.25, 0.3) is 0 Å². The second-order valence-electron chi connectivity index (χ2n) is 14.6. The molecule has 11 aromatic rings. The Morgan fingerprint density at radius 2 is 1.11 bits per heavy atom. The van der Waals surface area contributed by atoms with Gasteiger partial charge in [0.1, 0.15) is 28.2 Å². The molecule has 268 valence electrons. The van der Waals surface area contributed by atoms with Gasteiger partial charge in [0.15, 0.2) is 12.0 Å². The van der Waals surface area contributed by atoms with E-state index in [2.05, 4.69) is 143 Å². The van der Waals surface area contributed by atoms with Crippen LogP contribution in [0, 0.1) is 0 Å². The topological polar surface area (TPSA) is 68.0 Å². The molecule has 1 aliphatic heterocycles. The lowest BCUT2D eigenvalue weighted by molar-refractivity contribution is 0.628. The Balaban J connectivity index is 0.967. The maximum atomic E-state index is 6.80. The zero-order chi connectivity index (χ0) is 37.5. The summed E-state index contributed by atoms with van der Waals surface area (Å²) < 4.78 is 15.8. The highest BCUT2D eigenvalue weighted by Gasteiger charge is 2.25. The summed E-state index contributed by atoms with van der Waals surface area (Å²) in [5, 5.41) is 10.3. The van der Waals surface area contributed by atoms with Crippen LogP contribution in [0.15, 0.2) is 201 Å². The van der Waals surface area contributed by atoms with Gasteiger partial charge in [-0.05, 0) is 42.0 Å². The van der Waals surface area contributed by atoms with Crippen LogP contribution in [-0.4, -0.2) is 16.2 Å². The van der Waals surface area contributed by atoms with Crippen LogP contribution in [0.25, 0.3) is 82.5 Å². The number of fused-ring (bicyclic) bond motifs is 9. The summed E-state index contributed by atoms with van der Waals surface area (Å²) >= 11 is 0. The third kappa shape index (κ3) is 4.97. The van der Waals surface area contributed by atoms with Gasteiger partial charge in [0, 0.05) is 66.3 Å². The number of furan rings is 2. The first kappa shape index (κ1) is 31.6.